The van der Waals surface area contributed by atoms with Gasteiger partial charge in [-0.15, -0.1) is 0 Å². The topological polar surface area (TPSA) is 43.1 Å². The van der Waals surface area contributed by atoms with E-state index in [1.54, 1.807) is 6.20 Å². The molecular weight excluding hydrogens is 202 g/mol. The first kappa shape index (κ1) is 10.6. The molecule has 0 aliphatic heterocycles. The summed E-state index contributed by atoms with van der Waals surface area (Å²) in [4.78, 5) is 15.9. The van der Waals surface area contributed by atoms with Gasteiger partial charge in [0.05, 0.1) is 6.20 Å². The van der Waals surface area contributed by atoms with E-state index < -0.39 is 0 Å². The van der Waals surface area contributed by atoms with Gasteiger partial charge in [0.25, 0.3) is 0 Å². The van der Waals surface area contributed by atoms with E-state index >= 15 is 0 Å². The molecule has 3 nitrogen and oxygen atoms in total. The van der Waals surface area contributed by atoms with Crippen molar-refractivity contribution in [2.24, 2.45) is 5.92 Å². The summed E-state index contributed by atoms with van der Waals surface area (Å²) in [7, 11) is 0. The number of oxazole rings is 1. The Hall–Kier alpha value is -1.90. The Kier molecular flexibility index (Phi) is 2.86. The number of nitrogens with zero attached hydrogens (tertiary/aromatic N) is 1. The zero-order chi connectivity index (χ0) is 11.5. The first-order chi connectivity index (χ1) is 7.70. The molecule has 0 fully saturated rings. The summed E-state index contributed by atoms with van der Waals surface area (Å²) >= 11 is 0. The number of aromatic nitrogens is 1. The molecule has 0 atom stereocenters. The van der Waals surface area contributed by atoms with Crippen LogP contribution in [0, 0.1) is 5.92 Å². The minimum atomic E-state index is -0.0240. The average Bonchev–Trinajstić information content (AvgIpc) is 2.81. The molecule has 0 saturated carbocycles. The van der Waals surface area contributed by atoms with Gasteiger partial charge in [0.1, 0.15) is 0 Å². The fraction of sp³-hybridized carbons (Fsp3) is 0.231. The Balaban J connectivity index is 2.51. The standard InChI is InChI=1S/C13H13NO2/c1-9(2)13(15)11-6-4-3-5-10(11)12-7-14-8-16-12/h3-9H,1-2H3. The molecule has 3 heteroatoms. The SMILES string of the molecule is CC(C)C(=O)c1ccccc1-c1cnco1. The second-order valence-corrected chi connectivity index (χ2v) is 3.93. The summed E-state index contributed by atoms with van der Waals surface area (Å²) in [5, 5.41) is 0. The fourth-order valence-electron chi connectivity index (χ4n) is 1.57. The summed E-state index contributed by atoms with van der Waals surface area (Å²) in [5.41, 5.74) is 1.49. The van der Waals surface area contributed by atoms with Crippen molar-refractivity contribution in [2.45, 2.75) is 13.8 Å². The van der Waals surface area contributed by atoms with E-state index in [1.807, 2.05) is 38.1 Å². The lowest BCUT2D eigenvalue weighted by atomic mass is 9.95. The molecule has 0 saturated heterocycles. The van der Waals surface area contributed by atoms with Crippen LogP contribution in [0.25, 0.3) is 11.3 Å². The minimum absolute atomic E-state index is 0.0240. The summed E-state index contributed by atoms with van der Waals surface area (Å²) in [6, 6.07) is 7.43. The maximum Gasteiger partial charge on any atom is 0.181 e. The van der Waals surface area contributed by atoms with E-state index in [1.165, 1.54) is 6.39 Å². The molecule has 0 unspecified atom stereocenters. The van der Waals surface area contributed by atoms with Crippen molar-refractivity contribution in [3.05, 3.63) is 42.4 Å². The van der Waals surface area contributed by atoms with Gasteiger partial charge in [0.15, 0.2) is 17.9 Å². The smallest absolute Gasteiger partial charge is 0.181 e. The summed E-state index contributed by atoms with van der Waals surface area (Å²) in [6.45, 7) is 3.78. The highest BCUT2D eigenvalue weighted by atomic mass is 16.3. The molecule has 0 amide bonds. The van der Waals surface area contributed by atoms with E-state index in [0.717, 1.165) is 5.56 Å². The lowest BCUT2D eigenvalue weighted by Crippen LogP contribution is -2.08. The van der Waals surface area contributed by atoms with Crippen LogP contribution in [0.5, 0.6) is 0 Å². The largest absolute Gasteiger partial charge is 0.443 e. The third-order valence-electron chi connectivity index (χ3n) is 2.41. The summed E-state index contributed by atoms with van der Waals surface area (Å²) in [5.74, 6) is 0.723. The monoisotopic (exact) mass is 215 g/mol. The maximum atomic E-state index is 12.0. The van der Waals surface area contributed by atoms with Gasteiger partial charge in [0.2, 0.25) is 0 Å². The van der Waals surface area contributed by atoms with Crippen LogP contribution < -0.4 is 0 Å². The van der Waals surface area contributed by atoms with Crippen molar-refractivity contribution in [3.8, 4) is 11.3 Å². The van der Waals surface area contributed by atoms with E-state index in [4.69, 9.17) is 4.42 Å². The summed E-state index contributed by atoms with van der Waals surface area (Å²) < 4.78 is 5.23. The van der Waals surface area contributed by atoms with Gasteiger partial charge in [-0.3, -0.25) is 4.79 Å². The number of hydrogen-bond donors (Lipinski definition) is 0. The number of Topliss-reactive ketones (excluding diaryl/α,β-unsaturated/α-hetero) is 1. The zero-order valence-electron chi connectivity index (χ0n) is 9.31. The van der Waals surface area contributed by atoms with E-state index in [-0.39, 0.29) is 11.7 Å². The van der Waals surface area contributed by atoms with Crippen molar-refractivity contribution < 1.29 is 9.21 Å². The highest BCUT2D eigenvalue weighted by Gasteiger charge is 2.16. The van der Waals surface area contributed by atoms with Gasteiger partial charge in [-0.1, -0.05) is 38.1 Å². The van der Waals surface area contributed by atoms with Gasteiger partial charge in [0, 0.05) is 17.0 Å². The highest BCUT2D eigenvalue weighted by molar-refractivity contribution is 6.02. The van der Waals surface area contributed by atoms with Crippen LogP contribution in [-0.4, -0.2) is 10.8 Å². The first-order valence-electron chi connectivity index (χ1n) is 5.22. The minimum Gasteiger partial charge on any atom is -0.443 e. The Morgan fingerprint density at radius 2 is 2.06 bits per heavy atom. The average molecular weight is 215 g/mol. The molecular formula is C13H13NO2. The van der Waals surface area contributed by atoms with E-state index in [2.05, 4.69) is 4.98 Å². The summed E-state index contributed by atoms with van der Waals surface area (Å²) in [6.07, 6.45) is 2.98. The number of hydrogen-bond acceptors (Lipinski definition) is 3. The number of ketones is 1. The second kappa shape index (κ2) is 4.31. The molecule has 1 aromatic carbocycles. The molecule has 1 aromatic heterocycles. The first-order valence-corrected chi connectivity index (χ1v) is 5.22. The quantitative estimate of drug-likeness (QED) is 0.738. The van der Waals surface area contributed by atoms with Gasteiger partial charge < -0.3 is 4.42 Å². The van der Waals surface area contributed by atoms with Crippen LogP contribution in [0.1, 0.15) is 24.2 Å². The molecule has 0 N–H and O–H groups in total. The number of benzene rings is 1. The molecule has 16 heavy (non-hydrogen) atoms. The van der Waals surface area contributed by atoms with Crippen LogP contribution in [0.3, 0.4) is 0 Å². The Labute approximate surface area is 94.1 Å². The van der Waals surface area contributed by atoms with Crippen LogP contribution in [0.4, 0.5) is 0 Å². The van der Waals surface area contributed by atoms with Crippen molar-refractivity contribution in [1.82, 2.24) is 4.98 Å². The Morgan fingerprint density at radius 3 is 2.69 bits per heavy atom. The van der Waals surface area contributed by atoms with E-state index in [0.29, 0.717) is 11.3 Å². The molecule has 0 aliphatic carbocycles. The van der Waals surface area contributed by atoms with Crippen LogP contribution in [-0.2, 0) is 0 Å². The molecule has 0 radical (unpaired) electrons. The predicted octanol–water partition coefficient (Wildman–Crippen LogP) is 3.18. The van der Waals surface area contributed by atoms with Gasteiger partial charge in [-0.2, -0.15) is 0 Å². The van der Waals surface area contributed by atoms with Gasteiger partial charge in [-0.25, -0.2) is 4.98 Å². The maximum absolute atomic E-state index is 12.0. The third-order valence-corrected chi connectivity index (χ3v) is 2.41. The fourth-order valence-corrected chi connectivity index (χ4v) is 1.57. The zero-order valence-corrected chi connectivity index (χ0v) is 9.31. The number of carbonyl (C=O) groups is 1. The highest BCUT2D eigenvalue weighted by Crippen LogP contribution is 2.25. The van der Waals surface area contributed by atoms with Gasteiger partial charge in [-0.05, 0) is 0 Å². The normalized spacial score (nSPS) is 10.7. The lowest BCUT2D eigenvalue weighted by Gasteiger charge is -2.08. The van der Waals surface area contributed by atoms with Crippen molar-refractivity contribution in [2.75, 3.05) is 0 Å². The molecule has 82 valence electrons. The molecule has 0 bridgehead atoms. The van der Waals surface area contributed by atoms with Crippen LogP contribution >= 0.6 is 0 Å². The van der Waals surface area contributed by atoms with Crippen LogP contribution in [0.2, 0.25) is 0 Å². The Bertz CT molecular complexity index is 486. The van der Waals surface area contributed by atoms with E-state index in [9.17, 15) is 4.79 Å². The van der Waals surface area contributed by atoms with Crippen molar-refractivity contribution in [1.29, 1.82) is 0 Å². The molecule has 2 rings (SSSR count). The second-order valence-electron chi connectivity index (χ2n) is 3.93. The Morgan fingerprint density at radius 1 is 1.31 bits per heavy atom. The molecule has 1 heterocycles. The molecule has 0 aliphatic rings. The van der Waals surface area contributed by atoms with Crippen molar-refractivity contribution in [3.63, 3.8) is 0 Å². The number of rotatable bonds is 3. The molecule has 2 aromatic rings. The predicted molar refractivity (Wildman–Crippen MR) is 61.1 cm³/mol. The third kappa shape index (κ3) is 1.89. The molecule has 0 spiro atoms. The lowest BCUT2D eigenvalue weighted by molar-refractivity contribution is 0.0940. The van der Waals surface area contributed by atoms with Crippen LogP contribution in [0.15, 0.2) is 41.3 Å². The van der Waals surface area contributed by atoms with Crippen molar-refractivity contribution >= 4 is 5.78 Å². The number of carbonyl (C=O) groups excluding carboxylic acids is 1. The van der Waals surface area contributed by atoms with Gasteiger partial charge >= 0.3 is 0 Å².